The van der Waals surface area contributed by atoms with Crippen molar-refractivity contribution in [3.05, 3.63) is 48.0 Å². The molecular weight excluding hydrogens is 280 g/mol. The lowest BCUT2D eigenvalue weighted by atomic mass is 10.2. The average molecular weight is 300 g/mol. The van der Waals surface area contributed by atoms with Crippen LogP contribution in [0.1, 0.15) is 23.7 Å². The molecule has 2 rings (SSSR count). The average Bonchev–Trinajstić information content (AvgIpc) is 2.53. The highest BCUT2D eigenvalue weighted by atomic mass is 16.5. The molecule has 22 heavy (non-hydrogen) atoms. The number of carbonyl (C=O) groups excluding carboxylic acids is 1. The van der Waals surface area contributed by atoms with Gasteiger partial charge in [0.2, 0.25) is 0 Å². The first-order valence-electron chi connectivity index (χ1n) is 7.11. The first-order valence-corrected chi connectivity index (χ1v) is 7.11. The smallest absolute Gasteiger partial charge is 0.255 e. The molecule has 0 fully saturated rings. The van der Waals surface area contributed by atoms with Crippen molar-refractivity contribution in [2.24, 2.45) is 0 Å². The van der Waals surface area contributed by atoms with E-state index in [1.165, 1.54) is 0 Å². The number of amides is 1. The summed E-state index contributed by atoms with van der Waals surface area (Å²) in [6.07, 6.45) is 0.946. The Kier molecular flexibility index (Phi) is 5.25. The number of nitrogens with two attached hydrogens (primary N) is 1. The standard InChI is InChI=1S/C17H20N2O3/c1-3-10-22-14-7-4-12(5-8-14)17(20)19-13-6-9-16(21-2)15(18)11-13/h4-9,11H,3,10,18H2,1-2H3,(H,19,20). The quantitative estimate of drug-likeness (QED) is 0.803. The predicted molar refractivity (Wildman–Crippen MR) is 87.6 cm³/mol. The SMILES string of the molecule is CCCOc1ccc(C(=O)Nc2ccc(OC)c(N)c2)cc1. The summed E-state index contributed by atoms with van der Waals surface area (Å²) in [5, 5.41) is 2.80. The van der Waals surface area contributed by atoms with E-state index in [0.717, 1.165) is 12.2 Å². The maximum absolute atomic E-state index is 12.2. The Morgan fingerprint density at radius 3 is 2.50 bits per heavy atom. The van der Waals surface area contributed by atoms with Crippen LogP contribution in [0.3, 0.4) is 0 Å². The van der Waals surface area contributed by atoms with Gasteiger partial charge in [-0.15, -0.1) is 0 Å². The Morgan fingerprint density at radius 1 is 1.18 bits per heavy atom. The molecule has 0 atom stereocenters. The van der Waals surface area contributed by atoms with Crippen LogP contribution in [0.4, 0.5) is 11.4 Å². The summed E-state index contributed by atoms with van der Waals surface area (Å²) in [4.78, 5) is 12.2. The Balaban J connectivity index is 2.04. The second-order valence-electron chi connectivity index (χ2n) is 4.78. The van der Waals surface area contributed by atoms with Crippen molar-refractivity contribution in [1.29, 1.82) is 0 Å². The van der Waals surface area contributed by atoms with Gasteiger partial charge in [-0.2, -0.15) is 0 Å². The molecule has 0 radical (unpaired) electrons. The molecule has 116 valence electrons. The van der Waals surface area contributed by atoms with Crippen LogP contribution >= 0.6 is 0 Å². The molecule has 0 bridgehead atoms. The third-order valence-corrected chi connectivity index (χ3v) is 3.08. The van der Waals surface area contributed by atoms with E-state index in [9.17, 15) is 4.79 Å². The van der Waals surface area contributed by atoms with Crippen molar-refractivity contribution in [2.45, 2.75) is 13.3 Å². The van der Waals surface area contributed by atoms with Crippen LogP contribution in [-0.2, 0) is 0 Å². The maximum Gasteiger partial charge on any atom is 0.255 e. The van der Waals surface area contributed by atoms with Crippen LogP contribution < -0.4 is 20.5 Å². The Bertz CT molecular complexity index is 639. The fraction of sp³-hybridized carbons (Fsp3) is 0.235. The van der Waals surface area contributed by atoms with Crippen molar-refractivity contribution < 1.29 is 14.3 Å². The molecule has 0 aliphatic rings. The minimum absolute atomic E-state index is 0.202. The lowest BCUT2D eigenvalue weighted by Gasteiger charge is -2.09. The summed E-state index contributed by atoms with van der Waals surface area (Å²) in [5.74, 6) is 1.13. The summed E-state index contributed by atoms with van der Waals surface area (Å²) in [6, 6.07) is 12.1. The van der Waals surface area contributed by atoms with E-state index in [1.807, 2.05) is 6.92 Å². The molecule has 0 aliphatic heterocycles. The van der Waals surface area contributed by atoms with Gasteiger partial charge in [-0.25, -0.2) is 0 Å². The molecule has 0 saturated carbocycles. The first-order chi connectivity index (χ1) is 10.6. The van der Waals surface area contributed by atoms with Gasteiger partial charge in [-0.05, 0) is 48.9 Å². The minimum Gasteiger partial charge on any atom is -0.495 e. The number of ether oxygens (including phenoxy) is 2. The van der Waals surface area contributed by atoms with Crippen LogP contribution in [-0.4, -0.2) is 19.6 Å². The number of hydrogen-bond donors (Lipinski definition) is 2. The molecule has 0 spiro atoms. The zero-order valence-corrected chi connectivity index (χ0v) is 12.8. The number of nitrogen functional groups attached to an aromatic ring is 1. The molecule has 2 aromatic rings. The van der Waals surface area contributed by atoms with Gasteiger partial charge >= 0.3 is 0 Å². The summed E-state index contributed by atoms with van der Waals surface area (Å²) in [6.45, 7) is 2.71. The topological polar surface area (TPSA) is 73.6 Å². The number of rotatable bonds is 6. The van der Waals surface area contributed by atoms with Gasteiger partial charge in [0.1, 0.15) is 11.5 Å². The van der Waals surface area contributed by atoms with Crippen LogP contribution in [0.25, 0.3) is 0 Å². The molecule has 0 heterocycles. The Hall–Kier alpha value is -2.69. The Morgan fingerprint density at radius 2 is 1.91 bits per heavy atom. The van der Waals surface area contributed by atoms with Gasteiger partial charge in [-0.3, -0.25) is 4.79 Å². The molecule has 0 saturated heterocycles. The number of benzene rings is 2. The number of hydrogen-bond acceptors (Lipinski definition) is 4. The van der Waals surface area contributed by atoms with Gasteiger partial charge < -0.3 is 20.5 Å². The van der Waals surface area contributed by atoms with Crippen molar-refractivity contribution in [1.82, 2.24) is 0 Å². The van der Waals surface area contributed by atoms with Gasteiger partial charge in [-0.1, -0.05) is 6.92 Å². The largest absolute Gasteiger partial charge is 0.495 e. The van der Waals surface area contributed by atoms with Crippen molar-refractivity contribution in [3.63, 3.8) is 0 Å². The third-order valence-electron chi connectivity index (χ3n) is 3.08. The fourth-order valence-corrected chi connectivity index (χ4v) is 1.94. The van der Waals surface area contributed by atoms with Crippen LogP contribution in [0.5, 0.6) is 11.5 Å². The highest BCUT2D eigenvalue weighted by Crippen LogP contribution is 2.25. The van der Waals surface area contributed by atoms with E-state index < -0.39 is 0 Å². The molecule has 1 amide bonds. The van der Waals surface area contributed by atoms with E-state index in [2.05, 4.69) is 5.32 Å². The van der Waals surface area contributed by atoms with Gasteiger partial charge in [0.05, 0.1) is 19.4 Å². The van der Waals surface area contributed by atoms with Crippen molar-refractivity contribution in [3.8, 4) is 11.5 Å². The summed E-state index contributed by atoms with van der Waals surface area (Å²) < 4.78 is 10.6. The number of anilines is 2. The molecule has 0 unspecified atom stereocenters. The van der Waals surface area contributed by atoms with Gasteiger partial charge in [0, 0.05) is 11.3 Å². The summed E-state index contributed by atoms with van der Waals surface area (Å²) in [7, 11) is 1.55. The monoisotopic (exact) mass is 300 g/mol. The van der Waals surface area contributed by atoms with Gasteiger partial charge in [0.25, 0.3) is 5.91 Å². The number of carbonyl (C=O) groups is 1. The van der Waals surface area contributed by atoms with E-state index in [1.54, 1.807) is 49.6 Å². The lowest BCUT2D eigenvalue weighted by molar-refractivity contribution is 0.102. The van der Waals surface area contributed by atoms with Crippen molar-refractivity contribution in [2.75, 3.05) is 24.8 Å². The van der Waals surface area contributed by atoms with Crippen LogP contribution in [0, 0.1) is 0 Å². The number of nitrogens with one attached hydrogen (secondary N) is 1. The molecule has 5 nitrogen and oxygen atoms in total. The van der Waals surface area contributed by atoms with E-state index >= 15 is 0 Å². The highest BCUT2D eigenvalue weighted by Gasteiger charge is 2.08. The lowest BCUT2D eigenvalue weighted by Crippen LogP contribution is -2.12. The van der Waals surface area contributed by atoms with Crippen LogP contribution in [0.15, 0.2) is 42.5 Å². The zero-order valence-electron chi connectivity index (χ0n) is 12.8. The summed E-state index contributed by atoms with van der Waals surface area (Å²) in [5.41, 5.74) is 7.47. The zero-order chi connectivity index (χ0) is 15.9. The van der Waals surface area contributed by atoms with Gasteiger partial charge in [0.15, 0.2) is 0 Å². The van der Waals surface area contributed by atoms with E-state index in [0.29, 0.717) is 29.3 Å². The molecule has 5 heteroatoms. The molecular formula is C17H20N2O3. The summed E-state index contributed by atoms with van der Waals surface area (Å²) >= 11 is 0. The second kappa shape index (κ2) is 7.36. The predicted octanol–water partition coefficient (Wildman–Crippen LogP) is 3.32. The minimum atomic E-state index is -0.202. The molecule has 0 aliphatic carbocycles. The molecule has 2 aromatic carbocycles. The second-order valence-corrected chi connectivity index (χ2v) is 4.78. The number of methoxy groups -OCH3 is 1. The fourth-order valence-electron chi connectivity index (χ4n) is 1.94. The van der Waals surface area contributed by atoms with E-state index in [4.69, 9.17) is 15.2 Å². The molecule has 0 aromatic heterocycles. The van der Waals surface area contributed by atoms with Crippen LogP contribution in [0.2, 0.25) is 0 Å². The normalized spacial score (nSPS) is 10.1. The highest BCUT2D eigenvalue weighted by molar-refractivity contribution is 6.04. The first kappa shape index (κ1) is 15.7. The van der Waals surface area contributed by atoms with E-state index in [-0.39, 0.29) is 5.91 Å². The molecule has 3 N–H and O–H groups in total. The van der Waals surface area contributed by atoms with Crippen molar-refractivity contribution >= 4 is 17.3 Å². The third kappa shape index (κ3) is 3.91. The Labute approximate surface area is 130 Å². The maximum atomic E-state index is 12.2.